The first-order chi connectivity index (χ1) is 10.3. The summed E-state index contributed by atoms with van der Waals surface area (Å²) in [7, 11) is 0. The van der Waals surface area contributed by atoms with Crippen LogP contribution in [-0.2, 0) is 17.6 Å². The lowest BCUT2D eigenvalue weighted by molar-refractivity contribution is -0.144. The van der Waals surface area contributed by atoms with E-state index in [9.17, 15) is 9.90 Å². The molecule has 1 aromatic heterocycles. The van der Waals surface area contributed by atoms with Gasteiger partial charge in [-0.25, -0.2) is 9.97 Å². The fourth-order valence-electron chi connectivity index (χ4n) is 3.68. The van der Waals surface area contributed by atoms with E-state index in [4.69, 9.17) is 0 Å². The molecular formula is C16H23N3O2. The van der Waals surface area contributed by atoms with Gasteiger partial charge in [0.05, 0.1) is 5.92 Å². The molecule has 0 amide bonds. The Labute approximate surface area is 125 Å². The second kappa shape index (κ2) is 6.41. The summed E-state index contributed by atoms with van der Waals surface area (Å²) in [6, 6.07) is 0. The Morgan fingerprint density at radius 1 is 1.19 bits per heavy atom. The summed E-state index contributed by atoms with van der Waals surface area (Å²) in [6.45, 7) is 0.709. The molecule has 0 spiro atoms. The highest BCUT2D eigenvalue weighted by atomic mass is 16.4. The molecule has 5 heteroatoms. The van der Waals surface area contributed by atoms with Crippen molar-refractivity contribution >= 4 is 11.8 Å². The Kier molecular flexibility index (Phi) is 4.36. The van der Waals surface area contributed by atoms with E-state index in [-0.39, 0.29) is 11.8 Å². The molecule has 0 aromatic carbocycles. The molecule has 3 rings (SSSR count). The lowest BCUT2D eigenvalue weighted by Crippen LogP contribution is -2.32. The number of aliphatic carboxylic acids is 1. The van der Waals surface area contributed by atoms with Crippen molar-refractivity contribution in [3.05, 3.63) is 17.6 Å². The Morgan fingerprint density at radius 3 is 2.86 bits per heavy atom. The third kappa shape index (κ3) is 3.17. The highest BCUT2D eigenvalue weighted by Crippen LogP contribution is 2.31. The number of aromatic nitrogens is 2. The first-order valence-electron chi connectivity index (χ1n) is 8.05. The van der Waals surface area contributed by atoms with Gasteiger partial charge in [0.15, 0.2) is 0 Å². The minimum absolute atomic E-state index is 0.205. The number of carboxylic acid groups (broad SMARTS) is 1. The van der Waals surface area contributed by atoms with Crippen molar-refractivity contribution in [2.75, 3.05) is 11.9 Å². The average molecular weight is 289 g/mol. The van der Waals surface area contributed by atoms with Gasteiger partial charge in [-0.1, -0.05) is 12.8 Å². The number of hydrogen-bond acceptors (Lipinski definition) is 4. The van der Waals surface area contributed by atoms with Gasteiger partial charge >= 0.3 is 5.97 Å². The van der Waals surface area contributed by atoms with Gasteiger partial charge in [-0.2, -0.15) is 0 Å². The molecule has 0 saturated heterocycles. The Balaban J connectivity index is 1.68. The van der Waals surface area contributed by atoms with Gasteiger partial charge in [-0.15, -0.1) is 0 Å². The van der Waals surface area contributed by atoms with Crippen molar-refractivity contribution < 1.29 is 9.90 Å². The van der Waals surface area contributed by atoms with Crippen LogP contribution >= 0.6 is 0 Å². The van der Waals surface area contributed by atoms with Crippen LogP contribution in [0.3, 0.4) is 0 Å². The number of nitrogens with zero attached hydrogens (tertiary/aromatic N) is 2. The fraction of sp³-hybridized carbons (Fsp3) is 0.688. The largest absolute Gasteiger partial charge is 0.481 e. The quantitative estimate of drug-likeness (QED) is 0.891. The zero-order valence-electron chi connectivity index (χ0n) is 12.3. The molecule has 0 radical (unpaired) electrons. The van der Waals surface area contributed by atoms with E-state index < -0.39 is 5.97 Å². The van der Waals surface area contributed by atoms with Crippen LogP contribution in [-0.4, -0.2) is 27.6 Å². The molecule has 114 valence electrons. The Morgan fingerprint density at radius 2 is 2.00 bits per heavy atom. The lowest BCUT2D eigenvalue weighted by Gasteiger charge is -2.29. The molecule has 21 heavy (non-hydrogen) atoms. The number of fused-ring (bicyclic) bond motifs is 1. The molecule has 2 atom stereocenters. The van der Waals surface area contributed by atoms with Crippen molar-refractivity contribution in [2.24, 2.45) is 11.8 Å². The van der Waals surface area contributed by atoms with Crippen molar-refractivity contribution in [2.45, 2.75) is 51.4 Å². The molecule has 1 fully saturated rings. The molecule has 5 nitrogen and oxygen atoms in total. The predicted octanol–water partition coefficient (Wildman–Crippen LogP) is 2.66. The SMILES string of the molecule is O=C(O)C1CCCCC1CNc1ncnc2c1CCCC2. The molecule has 2 unspecified atom stereocenters. The molecule has 2 aliphatic rings. The molecule has 1 heterocycles. The number of anilines is 1. The first-order valence-corrected chi connectivity index (χ1v) is 8.05. The van der Waals surface area contributed by atoms with Gasteiger partial charge in [0, 0.05) is 17.8 Å². The Bertz CT molecular complexity index is 518. The first kappa shape index (κ1) is 14.3. The fourth-order valence-corrected chi connectivity index (χ4v) is 3.68. The maximum atomic E-state index is 11.4. The smallest absolute Gasteiger partial charge is 0.306 e. The highest BCUT2D eigenvalue weighted by Gasteiger charge is 2.30. The number of aryl methyl sites for hydroxylation is 1. The number of carboxylic acids is 1. The second-order valence-corrected chi connectivity index (χ2v) is 6.22. The summed E-state index contributed by atoms with van der Waals surface area (Å²) in [5.74, 6) is 0.287. The van der Waals surface area contributed by atoms with E-state index >= 15 is 0 Å². The number of nitrogens with one attached hydrogen (secondary N) is 1. The molecule has 2 N–H and O–H groups in total. The maximum Gasteiger partial charge on any atom is 0.306 e. The van der Waals surface area contributed by atoms with Gasteiger partial charge in [0.1, 0.15) is 12.1 Å². The number of carbonyl (C=O) groups is 1. The normalized spacial score (nSPS) is 25.1. The van der Waals surface area contributed by atoms with Crippen molar-refractivity contribution in [1.82, 2.24) is 9.97 Å². The van der Waals surface area contributed by atoms with Crippen LogP contribution in [0.4, 0.5) is 5.82 Å². The van der Waals surface area contributed by atoms with E-state index in [1.807, 2.05) is 0 Å². The monoisotopic (exact) mass is 289 g/mol. The van der Waals surface area contributed by atoms with Crippen LogP contribution in [0.2, 0.25) is 0 Å². The van der Waals surface area contributed by atoms with Gasteiger partial charge < -0.3 is 10.4 Å². The van der Waals surface area contributed by atoms with Crippen LogP contribution in [0.5, 0.6) is 0 Å². The summed E-state index contributed by atoms with van der Waals surface area (Å²) >= 11 is 0. The summed E-state index contributed by atoms with van der Waals surface area (Å²) in [5, 5.41) is 12.8. The minimum atomic E-state index is -0.647. The predicted molar refractivity (Wildman–Crippen MR) is 80.2 cm³/mol. The minimum Gasteiger partial charge on any atom is -0.481 e. The highest BCUT2D eigenvalue weighted by molar-refractivity contribution is 5.70. The van der Waals surface area contributed by atoms with Gasteiger partial charge in [-0.3, -0.25) is 4.79 Å². The van der Waals surface area contributed by atoms with Gasteiger partial charge in [0.25, 0.3) is 0 Å². The van der Waals surface area contributed by atoms with E-state index in [2.05, 4.69) is 15.3 Å². The molecule has 0 aliphatic heterocycles. The average Bonchev–Trinajstić information content (AvgIpc) is 2.53. The summed E-state index contributed by atoms with van der Waals surface area (Å²) in [4.78, 5) is 20.1. The maximum absolute atomic E-state index is 11.4. The summed E-state index contributed by atoms with van der Waals surface area (Å²) in [6.07, 6.45) is 10.1. The zero-order valence-corrected chi connectivity index (χ0v) is 12.3. The summed E-state index contributed by atoms with van der Waals surface area (Å²) < 4.78 is 0. The number of hydrogen-bond donors (Lipinski definition) is 2. The van der Waals surface area contributed by atoms with Gasteiger partial charge in [-0.05, 0) is 44.4 Å². The molecule has 1 aromatic rings. The number of rotatable bonds is 4. The molecular weight excluding hydrogens is 266 g/mol. The molecule has 0 bridgehead atoms. The van der Waals surface area contributed by atoms with E-state index in [1.54, 1.807) is 6.33 Å². The third-order valence-electron chi connectivity index (χ3n) is 4.88. The lowest BCUT2D eigenvalue weighted by atomic mass is 9.79. The van der Waals surface area contributed by atoms with Crippen LogP contribution in [0.15, 0.2) is 6.33 Å². The van der Waals surface area contributed by atoms with E-state index in [1.165, 1.54) is 18.4 Å². The van der Waals surface area contributed by atoms with Crippen molar-refractivity contribution in [1.29, 1.82) is 0 Å². The van der Waals surface area contributed by atoms with E-state index in [0.717, 1.165) is 50.0 Å². The summed E-state index contributed by atoms with van der Waals surface area (Å²) in [5.41, 5.74) is 2.41. The van der Waals surface area contributed by atoms with Crippen molar-refractivity contribution in [3.63, 3.8) is 0 Å². The van der Waals surface area contributed by atoms with Crippen LogP contribution in [0, 0.1) is 11.8 Å². The van der Waals surface area contributed by atoms with Crippen LogP contribution < -0.4 is 5.32 Å². The molecule has 1 saturated carbocycles. The van der Waals surface area contributed by atoms with E-state index in [0.29, 0.717) is 6.54 Å². The zero-order chi connectivity index (χ0) is 14.7. The van der Waals surface area contributed by atoms with Crippen LogP contribution in [0.1, 0.15) is 49.8 Å². The van der Waals surface area contributed by atoms with Crippen LogP contribution in [0.25, 0.3) is 0 Å². The Hall–Kier alpha value is -1.65. The van der Waals surface area contributed by atoms with Crippen molar-refractivity contribution in [3.8, 4) is 0 Å². The molecule has 2 aliphatic carbocycles. The third-order valence-corrected chi connectivity index (χ3v) is 4.88. The standard InChI is InChI=1S/C16H23N3O2/c20-16(21)12-6-2-1-5-11(12)9-17-15-13-7-3-4-8-14(13)18-10-19-15/h10-12H,1-9H2,(H,20,21)(H,17,18,19). The van der Waals surface area contributed by atoms with Gasteiger partial charge in [0.2, 0.25) is 0 Å². The topological polar surface area (TPSA) is 75.1 Å². The second-order valence-electron chi connectivity index (χ2n) is 6.22.